The van der Waals surface area contributed by atoms with E-state index in [1.54, 1.807) is 12.1 Å². The van der Waals surface area contributed by atoms with Gasteiger partial charge in [0.25, 0.3) is 5.91 Å². The molecule has 0 aromatic heterocycles. The van der Waals surface area contributed by atoms with Gasteiger partial charge >= 0.3 is 0 Å². The third-order valence-electron chi connectivity index (χ3n) is 3.46. The van der Waals surface area contributed by atoms with Crippen LogP contribution in [0.2, 0.25) is 0 Å². The van der Waals surface area contributed by atoms with Crippen LogP contribution in [0.15, 0.2) is 65.8 Å². The first-order valence-corrected chi connectivity index (χ1v) is 7.68. The number of para-hydroxylation sites is 2. The fraction of sp³-hybridized carbons (Fsp3) is 0.158. The Balaban J connectivity index is 1.56. The van der Waals surface area contributed by atoms with E-state index < -0.39 is 6.10 Å². The van der Waals surface area contributed by atoms with E-state index in [-0.39, 0.29) is 12.5 Å². The molecule has 2 aromatic carbocycles. The molecule has 0 fully saturated rings. The molecule has 0 radical (unpaired) electrons. The van der Waals surface area contributed by atoms with Crippen molar-refractivity contribution in [1.29, 1.82) is 0 Å². The van der Waals surface area contributed by atoms with Gasteiger partial charge in [-0.25, -0.2) is 5.43 Å². The number of rotatable bonds is 4. The van der Waals surface area contributed by atoms with Crippen molar-refractivity contribution in [3.8, 4) is 11.5 Å². The molecule has 5 nitrogen and oxygen atoms in total. The third kappa shape index (κ3) is 4.01. The molecule has 5 heteroatoms. The highest BCUT2D eigenvalue weighted by atomic mass is 16.6. The summed E-state index contributed by atoms with van der Waals surface area (Å²) in [5.41, 5.74) is 4.27. The van der Waals surface area contributed by atoms with Crippen LogP contribution >= 0.6 is 0 Å². The van der Waals surface area contributed by atoms with E-state index in [1.807, 2.05) is 61.5 Å². The monoisotopic (exact) mass is 322 g/mol. The zero-order chi connectivity index (χ0) is 16.8. The summed E-state index contributed by atoms with van der Waals surface area (Å²) in [5.74, 6) is 0.873. The summed E-state index contributed by atoms with van der Waals surface area (Å²) in [6.45, 7) is 1.98. The SMILES string of the molecule is CC(/C=C/c1ccccc1)=N/NC(=O)[C@H]1COc2ccccc2O1. The van der Waals surface area contributed by atoms with Gasteiger partial charge in [0.05, 0.1) is 5.71 Å². The summed E-state index contributed by atoms with van der Waals surface area (Å²) in [5, 5.41) is 4.07. The summed E-state index contributed by atoms with van der Waals surface area (Å²) in [6, 6.07) is 17.1. The number of amides is 1. The van der Waals surface area contributed by atoms with Gasteiger partial charge in [0.2, 0.25) is 6.10 Å². The molecule has 24 heavy (non-hydrogen) atoms. The second-order valence-corrected chi connectivity index (χ2v) is 5.34. The standard InChI is InChI=1S/C19H18N2O3/c1-14(11-12-15-7-3-2-4-8-15)20-21-19(22)18-13-23-16-9-5-6-10-17(16)24-18/h2-12,18H,13H2,1H3,(H,21,22)/b12-11+,20-14-/t18-/m1/s1. The number of hydrazone groups is 1. The average molecular weight is 322 g/mol. The van der Waals surface area contributed by atoms with E-state index in [4.69, 9.17) is 9.47 Å². The van der Waals surface area contributed by atoms with Crippen molar-refractivity contribution >= 4 is 17.7 Å². The number of hydrogen-bond acceptors (Lipinski definition) is 4. The minimum atomic E-state index is -0.713. The van der Waals surface area contributed by atoms with E-state index in [1.165, 1.54) is 0 Å². The number of benzene rings is 2. The number of carbonyl (C=O) groups excluding carboxylic acids is 1. The van der Waals surface area contributed by atoms with Crippen LogP contribution in [0, 0.1) is 0 Å². The lowest BCUT2D eigenvalue weighted by Crippen LogP contribution is -2.42. The Labute approximate surface area is 140 Å². The lowest BCUT2D eigenvalue weighted by atomic mass is 10.2. The molecular weight excluding hydrogens is 304 g/mol. The topological polar surface area (TPSA) is 59.9 Å². The van der Waals surface area contributed by atoms with Crippen LogP contribution in [0.4, 0.5) is 0 Å². The quantitative estimate of drug-likeness (QED) is 0.695. The maximum atomic E-state index is 12.1. The van der Waals surface area contributed by atoms with E-state index in [0.717, 1.165) is 5.56 Å². The maximum Gasteiger partial charge on any atom is 0.284 e. The Kier molecular flexibility index (Phi) is 4.91. The van der Waals surface area contributed by atoms with Crippen LogP contribution in [-0.2, 0) is 4.79 Å². The Bertz CT molecular complexity index is 769. The minimum absolute atomic E-state index is 0.164. The summed E-state index contributed by atoms with van der Waals surface area (Å²) < 4.78 is 11.2. The van der Waals surface area contributed by atoms with E-state index in [0.29, 0.717) is 17.2 Å². The van der Waals surface area contributed by atoms with Gasteiger partial charge in [-0.3, -0.25) is 4.79 Å². The van der Waals surface area contributed by atoms with Crippen molar-refractivity contribution in [3.63, 3.8) is 0 Å². The van der Waals surface area contributed by atoms with Crippen molar-refractivity contribution in [2.75, 3.05) is 6.61 Å². The number of hydrogen-bond donors (Lipinski definition) is 1. The lowest BCUT2D eigenvalue weighted by Gasteiger charge is -2.24. The second kappa shape index (κ2) is 7.46. The van der Waals surface area contributed by atoms with Crippen LogP contribution in [-0.4, -0.2) is 24.3 Å². The molecule has 1 aliphatic rings. The molecule has 1 atom stereocenters. The predicted octanol–water partition coefficient (Wildman–Crippen LogP) is 3.03. The van der Waals surface area contributed by atoms with Crippen molar-refractivity contribution in [1.82, 2.24) is 5.43 Å². The number of nitrogens with one attached hydrogen (secondary N) is 1. The minimum Gasteiger partial charge on any atom is -0.485 e. The van der Waals surface area contributed by atoms with Crippen molar-refractivity contribution < 1.29 is 14.3 Å². The summed E-state index contributed by atoms with van der Waals surface area (Å²) in [6.07, 6.45) is 3.06. The molecule has 122 valence electrons. The molecule has 1 heterocycles. The van der Waals surface area contributed by atoms with Crippen molar-refractivity contribution in [2.24, 2.45) is 5.10 Å². The zero-order valence-electron chi connectivity index (χ0n) is 13.3. The largest absolute Gasteiger partial charge is 0.485 e. The maximum absolute atomic E-state index is 12.1. The van der Waals surface area contributed by atoms with Gasteiger partial charge in [0, 0.05) is 0 Å². The van der Waals surface area contributed by atoms with Gasteiger partial charge in [-0.15, -0.1) is 0 Å². The Morgan fingerprint density at radius 2 is 1.83 bits per heavy atom. The molecule has 0 aliphatic carbocycles. The van der Waals surface area contributed by atoms with Crippen molar-refractivity contribution in [2.45, 2.75) is 13.0 Å². The van der Waals surface area contributed by atoms with Crippen LogP contribution in [0.5, 0.6) is 11.5 Å². The Hall–Kier alpha value is -3.08. The molecule has 2 aromatic rings. The van der Waals surface area contributed by atoms with Gasteiger partial charge in [0.15, 0.2) is 11.5 Å². The van der Waals surface area contributed by atoms with Crippen LogP contribution in [0.1, 0.15) is 12.5 Å². The van der Waals surface area contributed by atoms with Gasteiger partial charge < -0.3 is 9.47 Å². The first-order valence-electron chi connectivity index (χ1n) is 7.68. The van der Waals surface area contributed by atoms with Crippen molar-refractivity contribution in [3.05, 3.63) is 66.2 Å². The number of fused-ring (bicyclic) bond motifs is 1. The van der Waals surface area contributed by atoms with E-state index in [2.05, 4.69) is 10.5 Å². The molecule has 0 saturated carbocycles. The molecule has 1 N–H and O–H groups in total. The smallest absolute Gasteiger partial charge is 0.284 e. The summed E-state index contributed by atoms with van der Waals surface area (Å²) in [7, 11) is 0. The molecule has 1 amide bonds. The normalized spacial score (nSPS) is 16.9. The fourth-order valence-corrected chi connectivity index (χ4v) is 2.18. The molecule has 0 saturated heterocycles. The van der Waals surface area contributed by atoms with E-state index in [9.17, 15) is 4.79 Å². The zero-order valence-corrected chi connectivity index (χ0v) is 13.3. The highest BCUT2D eigenvalue weighted by Gasteiger charge is 2.26. The average Bonchev–Trinajstić information content (AvgIpc) is 2.65. The lowest BCUT2D eigenvalue weighted by molar-refractivity contribution is -0.130. The molecule has 0 unspecified atom stereocenters. The fourth-order valence-electron chi connectivity index (χ4n) is 2.18. The predicted molar refractivity (Wildman–Crippen MR) is 93.1 cm³/mol. The third-order valence-corrected chi connectivity index (χ3v) is 3.46. The van der Waals surface area contributed by atoms with Crippen LogP contribution in [0.25, 0.3) is 6.08 Å². The van der Waals surface area contributed by atoms with Gasteiger partial charge in [-0.05, 0) is 30.7 Å². The van der Waals surface area contributed by atoms with Gasteiger partial charge in [-0.1, -0.05) is 48.5 Å². The molecule has 0 bridgehead atoms. The van der Waals surface area contributed by atoms with Crippen LogP contribution < -0.4 is 14.9 Å². The highest BCUT2D eigenvalue weighted by Crippen LogP contribution is 2.30. The van der Waals surface area contributed by atoms with Crippen LogP contribution in [0.3, 0.4) is 0 Å². The highest BCUT2D eigenvalue weighted by molar-refractivity contribution is 5.97. The summed E-state index contributed by atoms with van der Waals surface area (Å²) in [4.78, 5) is 12.1. The molecular formula is C19H18N2O3. The first-order chi connectivity index (χ1) is 11.7. The molecule has 1 aliphatic heterocycles. The Morgan fingerprint density at radius 3 is 2.62 bits per heavy atom. The Morgan fingerprint density at radius 1 is 1.12 bits per heavy atom. The number of carbonyl (C=O) groups is 1. The molecule has 3 rings (SSSR count). The number of ether oxygens (including phenoxy) is 2. The number of nitrogens with zero attached hydrogens (tertiary/aromatic N) is 1. The second-order valence-electron chi connectivity index (χ2n) is 5.34. The summed E-state index contributed by atoms with van der Waals surface area (Å²) >= 11 is 0. The van der Waals surface area contributed by atoms with Gasteiger partial charge in [-0.2, -0.15) is 5.10 Å². The number of allylic oxidation sites excluding steroid dienone is 1. The molecule has 0 spiro atoms. The van der Waals surface area contributed by atoms with E-state index >= 15 is 0 Å². The first kappa shape index (κ1) is 15.8. The van der Waals surface area contributed by atoms with Gasteiger partial charge in [0.1, 0.15) is 6.61 Å².